The first-order valence-corrected chi connectivity index (χ1v) is 8.26. The molecule has 0 bridgehead atoms. The summed E-state index contributed by atoms with van der Waals surface area (Å²) >= 11 is 0. The molecule has 0 aliphatic rings. The summed E-state index contributed by atoms with van der Waals surface area (Å²) in [5, 5.41) is 17.2. The number of aliphatic hydroxyl groups excluding tert-OH is 1. The van der Waals surface area contributed by atoms with E-state index >= 15 is 0 Å². The number of amides is 1. The van der Waals surface area contributed by atoms with E-state index in [2.05, 4.69) is 15.4 Å². The summed E-state index contributed by atoms with van der Waals surface area (Å²) in [5.41, 5.74) is 1.24. The van der Waals surface area contributed by atoms with Crippen LogP contribution in [0.1, 0.15) is 22.3 Å². The number of nitrogens with one attached hydrogen (secondary N) is 1. The number of aliphatic hydroxyl groups is 1. The number of hydrogen-bond acceptors (Lipinski definition) is 6. The van der Waals surface area contributed by atoms with Crippen LogP contribution >= 0.6 is 0 Å². The molecule has 0 aliphatic carbocycles. The average molecular weight is 368 g/mol. The van der Waals surface area contributed by atoms with Gasteiger partial charge in [-0.2, -0.15) is 0 Å². The number of carbonyl (C=O) groups excluding carboxylic acids is 1. The molecule has 0 aliphatic heterocycles. The van der Waals surface area contributed by atoms with Crippen LogP contribution in [0.5, 0.6) is 11.5 Å². The summed E-state index contributed by atoms with van der Waals surface area (Å²) in [7, 11) is 3.11. The molecule has 140 valence electrons. The number of carbonyl (C=O) groups is 1. The number of anilines is 1. The minimum absolute atomic E-state index is 0.00263. The zero-order valence-corrected chi connectivity index (χ0v) is 15.0. The van der Waals surface area contributed by atoms with Crippen molar-refractivity contribution in [3.63, 3.8) is 0 Å². The second-order valence-electron chi connectivity index (χ2n) is 5.73. The van der Waals surface area contributed by atoms with Gasteiger partial charge in [-0.1, -0.05) is 24.3 Å². The summed E-state index contributed by atoms with van der Waals surface area (Å²) in [5.74, 6) is 0.794. The van der Waals surface area contributed by atoms with Crippen molar-refractivity contribution in [2.75, 3.05) is 19.5 Å². The molecular weight excluding hydrogens is 348 g/mol. The first-order valence-electron chi connectivity index (χ1n) is 8.26. The molecular formula is C19H20N4O4. The van der Waals surface area contributed by atoms with Crippen LogP contribution in [0, 0.1) is 0 Å². The molecule has 2 aromatic carbocycles. The van der Waals surface area contributed by atoms with Crippen molar-refractivity contribution < 1.29 is 19.4 Å². The molecule has 1 atom stereocenters. The molecule has 1 unspecified atom stereocenters. The largest absolute Gasteiger partial charge is 0.497 e. The monoisotopic (exact) mass is 368 g/mol. The third-order valence-electron chi connectivity index (χ3n) is 3.96. The predicted molar refractivity (Wildman–Crippen MR) is 98.9 cm³/mol. The topological polar surface area (TPSA) is 98.5 Å². The van der Waals surface area contributed by atoms with Crippen LogP contribution in [0.3, 0.4) is 0 Å². The molecule has 8 nitrogen and oxygen atoms in total. The van der Waals surface area contributed by atoms with E-state index in [0.29, 0.717) is 22.7 Å². The van der Waals surface area contributed by atoms with Crippen molar-refractivity contribution in [3.05, 3.63) is 66.2 Å². The molecule has 1 heterocycles. The Bertz CT molecular complexity index is 908. The lowest BCUT2D eigenvalue weighted by Gasteiger charge is -2.11. The van der Waals surface area contributed by atoms with Gasteiger partial charge in [-0.15, -0.1) is 5.10 Å². The van der Waals surface area contributed by atoms with Gasteiger partial charge in [-0.3, -0.25) is 4.79 Å². The second-order valence-corrected chi connectivity index (χ2v) is 5.73. The molecule has 2 N–H and O–H groups in total. The lowest BCUT2D eigenvalue weighted by Crippen LogP contribution is -2.16. The smallest absolute Gasteiger partial charge is 0.295 e. The molecule has 0 radical (unpaired) electrons. The van der Waals surface area contributed by atoms with Crippen LogP contribution in [0.4, 0.5) is 5.69 Å². The highest BCUT2D eigenvalue weighted by atomic mass is 16.5. The number of rotatable bonds is 7. The quantitative estimate of drug-likeness (QED) is 0.664. The highest BCUT2D eigenvalue weighted by Crippen LogP contribution is 2.23. The minimum atomic E-state index is -0.789. The Morgan fingerprint density at radius 2 is 1.89 bits per heavy atom. The van der Waals surface area contributed by atoms with Gasteiger partial charge in [-0.05, 0) is 29.8 Å². The minimum Gasteiger partial charge on any atom is -0.497 e. The summed E-state index contributed by atoms with van der Waals surface area (Å²) in [4.78, 5) is 16.4. The van der Waals surface area contributed by atoms with Crippen molar-refractivity contribution in [2.45, 2.75) is 12.6 Å². The van der Waals surface area contributed by atoms with Gasteiger partial charge in [0.1, 0.15) is 17.8 Å². The first-order chi connectivity index (χ1) is 13.1. The van der Waals surface area contributed by atoms with E-state index in [0.717, 1.165) is 0 Å². The summed E-state index contributed by atoms with van der Waals surface area (Å²) in [6.07, 6.45) is 0.617. The molecule has 1 amide bonds. The van der Waals surface area contributed by atoms with E-state index < -0.39 is 12.0 Å². The Labute approximate surface area is 156 Å². The third kappa shape index (κ3) is 4.42. The van der Waals surface area contributed by atoms with Gasteiger partial charge in [0.05, 0.1) is 32.6 Å². The molecule has 8 heteroatoms. The SMILES string of the molecule is COc1ccc(C(O)Cn2cnc(C(=O)Nc3ccccc3OC)n2)cc1. The maximum Gasteiger partial charge on any atom is 0.295 e. The average Bonchev–Trinajstić information content (AvgIpc) is 3.17. The number of para-hydroxylation sites is 2. The molecule has 3 aromatic rings. The summed E-state index contributed by atoms with van der Waals surface area (Å²) < 4.78 is 11.7. The van der Waals surface area contributed by atoms with Crippen molar-refractivity contribution in [1.29, 1.82) is 0 Å². The molecule has 0 spiro atoms. The fourth-order valence-electron chi connectivity index (χ4n) is 2.52. The zero-order chi connectivity index (χ0) is 19.2. The normalized spacial score (nSPS) is 11.7. The van der Waals surface area contributed by atoms with Gasteiger partial charge in [0.25, 0.3) is 5.91 Å². The van der Waals surface area contributed by atoms with Crippen molar-refractivity contribution in [3.8, 4) is 11.5 Å². The Morgan fingerprint density at radius 3 is 2.59 bits per heavy atom. The number of nitrogens with zero attached hydrogens (tertiary/aromatic N) is 3. The van der Waals surface area contributed by atoms with Crippen molar-refractivity contribution in [2.24, 2.45) is 0 Å². The van der Waals surface area contributed by atoms with Crippen LogP contribution in [-0.4, -0.2) is 40.0 Å². The van der Waals surface area contributed by atoms with Crippen LogP contribution in [-0.2, 0) is 6.54 Å². The molecule has 0 saturated heterocycles. The van der Waals surface area contributed by atoms with Gasteiger partial charge in [0.2, 0.25) is 5.82 Å². The van der Waals surface area contributed by atoms with E-state index in [4.69, 9.17) is 9.47 Å². The van der Waals surface area contributed by atoms with Gasteiger partial charge in [0.15, 0.2) is 0 Å². The maximum absolute atomic E-state index is 12.3. The lowest BCUT2D eigenvalue weighted by atomic mass is 10.1. The standard InChI is InChI=1S/C19H20N4O4/c1-26-14-9-7-13(8-10-14)16(24)11-23-12-20-18(22-23)19(25)21-15-5-3-4-6-17(15)27-2/h3-10,12,16,24H,11H2,1-2H3,(H,21,25). The Morgan fingerprint density at radius 1 is 1.15 bits per heavy atom. The lowest BCUT2D eigenvalue weighted by molar-refractivity contribution is 0.101. The van der Waals surface area contributed by atoms with Crippen LogP contribution in [0.15, 0.2) is 54.9 Å². The van der Waals surface area contributed by atoms with Gasteiger partial charge in [0, 0.05) is 0 Å². The molecule has 0 saturated carbocycles. The molecule has 1 aromatic heterocycles. The summed E-state index contributed by atoms with van der Waals surface area (Å²) in [6, 6.07) is 14.1. The van der Waals surface area contributed by atoms with E-state index in [9.17, 15) is 9.90 Å². The van der Waals surface area contributed by atoms with E-state index in [-0.39, 0.29) is 12.4 Å². The predicted octanol–water partition coefficient (Wildman–Crippen LogP) is 2.28. The van der Waals surface area contributed by atoms with Gasteiger partial charge in [-0.25, -0.2) is 9.67 Å². The van der Waals surface area contributed by atoms with E-state index in [1.54, 1.807) is 49.6 Å². The first kappa shape index (κ1) is 18.4. The Kier molecular flexibility index (Phi) is 5.68. The van der Waals surface area contributed by atoms with E-state index in [1.165, 1.54) is 18.1 Å². The van der Waals surface area contributed by atoms with Crippen LogP contribution < -0.4 is 14.8 Å². The maximum atomic E-state index is 12.3. The summed E-state index contributed by atoms with van der Waals surface area (Å²) in [6.45, 7) is 0.168. The van der Waals surface area contributed by atoms with Gasteiger partial charge < -0.3 is 19.9 Å². The van der Waals surface area contributed by atoms with Gasteiger partial charge >= 0.3 is 0 Å². The second kappa shape index (κ2) is 8.33. The fraction of sp³-hybridized carbons (Fsp3) is 0.211. The fourth-order valence-corrected chi connectivity index (χ4v) is 2.52. The highest BCUT2D eigenvalue weighted by Gasteiger charge is 2.16. The number of aromatic nitrogens is 3. The van der Waals surface area contributed by atoms with Crippen molar-refractivity contribution >= 4 is 11.6 Å². The molecule has 0 fully saturated rings. The number of ether oxygens (including phenoxy) is 2. The number of benzene rings is 2. The Balaban J connectivity index is 1.65. The third-order valence-corrected chi connectivity index (χ3v) is 3.96. The molecule has 27 heavy (non-hydrogen) atoms. The number of methoxy groups -OCH3 is 2. The van der Waals surface area contributed by atoms with Crippen molar-refractivity contribution in [1.82, 2.24) is 14.8 Å². The van der Waals surface area contributed by atoms with E-state index in [1.807, 2.05) is 6.07 Å². The Hall–Kier alpha value is -3.39. The number of hydrogen-bond donors (Lipinski definition) is 2. The zero-order valence-electron chi connectivity index (χ0n) is 15.0. The van der Waals surface area contributed by atoms with Crippen LogP contribution in [0.2, 0.25) is 0 Å². The molecule has 3 rings (SSSR count). The highest BCUT2D eigenvalue weighted by molar-refractivity contribution is 6.02. The van der Waals surface area contributed by atoms with Crippen LogP contribution in [0.25, 0.3) is 0 Å².